The van der Waals surface area contributed by atoms with E-state index >= 15 is 0 Å². The van der Waals surface area contributed by atoms with E-state index in [-0.39, 0.29) is 11.9 Å². The zero-order chi connectivity index (χ0) is 19.8. The number of amides is 1. The van der Waals surface area contributed by atoms with Crippen molar-refractivity contribution in [3.8, 4) is 0 Å². The van der Waals surface area contributed by atoms with Crippen molar-refractivity contribution >= 4 is 16.8 Å². The number of aryl methyl sites for hydroxylation is 1. The number of rotatable bonds is 3. The molecule has 0 radical (unpaired) electrons. The van der Waals surface area contributed by atoms with Gasteiger partial charge >= 0.3 is 0 Å². The van der Waals surface area contributed by atoms with Crippen LogP contribution in [0.1, 0.15) is 34.4 Å². The maximum atomic E-state index is 13.3. The smallest absolute Gasteiger partial charge is 0.229 e. The SMILES string of the molecule is Cc1cccc([C@H]2c3[nH]c4ccccc4c3CCN2C(=O)Cc2ccccn2)n1. The third-order valence-electron chi connectivity index (χ3n) is 5.60. The van der Waals surface area contributed by atoms with Crippen molar-refractivity contribution in [2.45, 2.75) is 25.8 Å². The summed E-state index contributed by atoms with van der Waals surface area (Å²) in [6.07, 6.45) is 2.85. The first-order chi connectivity index (χ1) is 14.2. The number of H-pyrrole nitrogens is 1. The number of pyridine rings is 2. The first-order valence-electron chi connectivity index (χ1n) is 9.93. The second-order valence-corrected chi connectivity index (χ2v) is 7.50. The van der Waals surface area contributed by atoms with Crippen LogP contribution in [0.25, 0.3) is 10.9 Å². The minimum Gasteiger partial charge on any atom is -0.356 e. The summed E-state index contributed by atoms with van der Waals surface area (Å²) in [7, 11) is 0. The first-order valence-corrected chi connectivity index (χ1v) is 9.93. The van der Waals surface area contributed by atoms with Crippen molar-refractivity contribution in [3.05, 3.63) is 95.2 Å². The summed E-state index contributed by atoms with van der Waals surface area (Å²) in [4.78, 5) is 28.0. The Hall–Kier alpha value is -3.47. The molecule has 4 aromatic rings. The Balaban J connectivity index is 1.60. The van der Waals surface area contributed by atoms with Crippen LogP contribution in [0.4, 0.5) is 0 Å². The lowest BCUT2D eigenvalue weighted by molar-refractivity contribution is -0.132. The Morgan fingerprint density at radius 2 is 1.97 bits per heavy atom. The molecule has 1 amide bonds. The Labute approximate surface area is 169 Å². The summed E-state index contributed by atoms with van der Waals surface area (Å²) in [6.45, 7) is 2.65. The van der Waals surface area contributed by atoms with Gasteiger partial charge in [0.15, 0.2) is 0 Å². The number of nitrogens with one attached hydrogen (secondary N) is 1. The zero-order valence-electron chi connectivity index (χ0n) is 16.3. The molecule has 0 bridgehead atoms. The topological polar surface area (TPSA) is 61.9 Å². The molecule has 1 aliphatic rings. The van der Waals surface area contributed by atoms with Crippen LogP contribution in [0.5, 0.6) is 0 Å². The average Bonchev–Trinajstić information content (AvgIpc) is 3.12. The lowest BCUT2D eigenvalue weighted by Crippen LogP contribution is -2.41. The highest BCUT2D eigenvalue weighted by Crippen LogP contribution is 2.38. The molecule has 1 N–H and O–H groups in total. The van der Waals surface area contributed by atoms with Gasteiger partial charge in [0.05, 0.1) is 12.1 Å². The van der Waals surface area contributed by atoms with Gasteiger partial charge in [0.25, 0.3) is 0 Å². The van der Waals surface area contributed by atoms with E-state index in [1.54, 1.807) is 6.20 Å². The molecular weight excluding hydrogens is 360 g/mol. The van der Waals surface area contributed by atoms with Crippen LogP contribution in [0, 0.1) is 6.92 Å². The number of benzene rings is 1. The monoisotopic (exact) mass is 382 g/mol. The molecule has 5 rings (SSSR count). The largest absolute Gasteiger partial charge is 0.356 e. The third kappa shape index (κ3) is 3.18. The molecule has 1 aliphatic heterocycles. The predicted octanol–water partition coefficient (Wildman–Crippen LogP) is 3.98. The highest BCUT2D eigenvalue weighted by Gasteiger charge is 2.35. The molecule has 4 heterocycles. The lowest BCUT2D eigenvalue weighted by Gasteiger charge is -2.35. The summed E-state index contributed by atoms with van der Waals surface area (Å²) < 4.78 is 0. The van der Waals surface area contributed by atoms with Crippen LogP contribution in [0.15, 0.2) is 66.9 Å². The summed E-state index contributed by atoms with van der Waals surface area (Å²) in [5.74, 6) is 0.0707. The van der Waals surface area contributed by atoms with Crippen LogP contribution >= 0.6 is 0 Å². The van der Waals surface area contributed by atoms with Gasteiger partial charge in [0, 0.05) is 40.7 Å². The summed E-state index contributed by atoms with van der Waals surface area (Å²) in [5.41, 5.74) is 6.10. The van der Waals surface area contributed by atoms with E-state index in [4.69, 9.17) is 4.98 Å². The molecule has 29 heavy (non-hydrogen) atoms. The Morgan fingerprint density at radius 3 is 2.79 bits per heavy atom. The number of aromatic nitrogens is 3. The van der Waals surface area contributed by atoms with Gasteiger partial charge in [-0.05, 0) is 49.2 Å². The fourth-order valence-electron chi connectivity index (χ4n) is 4.29. The van der Waals surface area contributed by atoms with E-state index in [9.17, 15) is 4.79 Å². The number of carbonyl (C=O) groups is 1. The fraction of sp³-hybridized carbons (Fsp3) is 0.208. The maximum absolute atomic E-state index is 13.3. The predicted molar refractivity (Wildman–Crippen MR) is 112 cm³/mol. The molecule has 0 spiro atoms. The molecule has 1 aromatic carbocycles. The van der Waals surface area contributed by atoms with Gasteiger partial charge in [-0.3, -0.25) is 14.8 Å². The molecule has 0 saturated carbocycles. The van der Waals surface area contributed by atoms with Crippen molar-refractivity contribution in [1.29, 1.82) is 0 Å². The van der Waals surface area contributed by atoms with Crippen LogP contribution in [-0.4, -0.2) is 32.3 Å². The van der Waals surface area contributed by atoms with Gasteiger partial charge in [0.1, 0.15) is 6.04 Å². The number of aromatic amines is 1. The average molecular weight is 382 g/mol. The molecule has 144 valence electrons. The number of para-hydroxylation sites is 1. The number of carbonyl (C=O) groups excluding carboxylic acids is 1. The van der Waals surface area contributed by atoms with Crippen LogP contribution in [0.2, 0.25) is 0 Å². The van der Waals surface area contributed by atoms with Crippen LogP contribution < -0.4 is 0 Å². The quantitative estimate of drug-likeness (QED) is 0.583. The molecule has 0 unspecified atom stereocenters. The minimum absolute atomic E-state index is 0.0707. The molecule has 1 atom stereocenters. The first kappa shape index (κ1) is 17.6. The van der Waals surface area contributed by atoms with Crippen LogP contribution in [0.3, 0.4) is 0 Å². The molecule has 0 fully saturated rings. The number of fused-ring (bicyclic) bond motifs is 3. The number of hydrogen-bond donors (Lipinski definition) is 1. The van der Waals surface area contributed by atoms with E-state index < -0.39 is 0 Å². The van der Waals surface area contributed by atoms with Gasteiger partial charge in [-0.25, -0.2) is 0 Å². The summed E-state index contributed by atoms with van der Waals surface area (Å²) in [5, 5.41) is 1.23. The highest BCUT2D eigenvalue weighted by atomic mass is 16.2. The van der Waals surface area contributed by atoms with E-state index in [1.807, 2.05) is 54.3 Å². The van der Waals surface area contributed by atoms with E-state index in [0.717, 1.165) is 34.7 Å². The minimum atomic E-state index is -0.220. The summed E-state index contributed by atoms with van der Waals surface area (Å²) in [6, 6.07) is 19.8. The van der Waals surface area contributed by atoms with Crippen molar-refractivity contribution in [2.75, 3.05) is 6.54 Å². The van der Waals surface area contributed by atoms with Crippen LogP contribution in [-0.2, 0) is 17.6 Å². The van der Waals surface area contributed by atoms with Gasteiger partial charge < -0.3 is 9.88 Å². The Morgan fingerprint density at radius 1 is 1.10 bits per heavy atom. The van der Waals surface area contributed by atoms with Gasteiger partial charge in [-0.1, -0.05) is 30.3 Å². The van der Waals surface area contributed by atoms with Gasteiger partial charge in [0.2, 0.25) is 5.91 Å². The van der Waals surface area contributed by atoms with Crippen molar-refractivity contribution < 1.29 is 4.79 Å². The van der Waals surface area contributed by atoms with E-state index in [1.165, 1.54) is 10.9 Å². The highest BCUT2D eigenvalue weighted by molar-refractivity contribution is 5.86. The normalized spacial score (nSPS) is 16.0. The Kier molecular flexibility index (Phi) is 4.35. The lowest BCUT2D eigenvalue weighted by atomic mass is 9.94. The molecule has 0 aliphatic carbocycles. The standard InChI is InChI=1S/C24H22N4O/c1-16-7-6-11-21(26-16)24-23-19(18-9-2-3-10-20(18)27-23)12-14-28(24)22(29)15-17-8-4-5-13-25-17/h2-11,13,24,27H,12,14-15H2,1H3/t24-/m0/s1. The Bertz CT molecular complexity index is 1180. The molecular formula is C24H22N4O. The molecule has 3 aromatic heterocycles. The molecule has 5 heteroatoms. The second kappa shape index (κ2) is 7.17. The summed E-state index contributed by atoms with van der Waals surface area (Å²) >= 11 is 0. The third-order valence-corrected chi connectivity index (χ3v) is 5.60. The van der Waals surface area contributed by atoms with Gasteiger partial charge in [-0.15, -0.1) is 0 Å². The van der Waals surface area contributed by atoms with E-state index in [0.29, 0.717) is 13.0 Å². The number of nitrogens with zero attached hydrogens (tertiary/aromatic N) is 3. The number of hydrogen-bond acceptors (Lipinski definition) is 3. The fourth-order valence-corrected chi connectivity index (χ4v) is 4.29. The van der Waals surface area contributed by atoms with Crippen molar-refractivity contribution in [2.24, 2.45) is 0 Å². The molecule has 5 nitrogen and oxygen atoms in total. The maximum Gasteiger partial charge on any atom is 0.229 e. The van der Waals surface area contributed by atoms with Crippen molar-refractivity contribution in [1.82, 2.24) is 19.9 Å². The second-order valence-electron chi connectivity index (χ2n) is 7.50. The molecule has 0 saturated heterocycles. The van der Waals surface area contributed by atoms with E-state index in [2.05, 4.69) is 28.2 Å². The van der Waals surface area contributed by atoms with Crippen molar-refractivity contribution in [3.63, 3.8) is 0 Å². The van der Waals surface area contributed by atoms with Gasteiger partial charge in [-0.2, -0.15) is 0 Å². The zero-order valence-corrected chi connectivity index (χ0v) is 16.3.